The van der Waals surface area contributed by atoms with Gasteiger partial charge in [0.15, 0.2) is 0 Å². The van der Waals surface area contributed by atoms with Crippen molar-refractivity contribution in [3.05, 3.63) is 44.6 Å². The Morgan fingerprint density at radius 3 is 2.50 bits per heavy atom. The molecule has 1 heterocycles. The lowest BCUT2D eigenvalue weighted by molar-refractivity contribution is 0.815. The Hall–Kier alpha value is -0.900. The summed E-state index contributed by atoms with van der Waals surface area (Å²) in [5.74, 6) is 1.07. The number of nitrogens with one attached hydrogen (secondary N) is 1. The molecule has 0 bridgehead atoms. The minimum atomic E-state index is 0.358. The number of aromatic nitrogens is 2. The van der Waals surface area contributed by atoms with Crippen LogP contribution in [-0.4, -0.2) is 9.97 Å². The Morgan fingerprint density at radius 2 is 1.89 bits per heavy atom. The second-order valence-electron chi connectivity index (χ2n) is 4.31. The monoisotopic (exact) mass is 298 g/mol. The number of H-pyrrole nitrogens is 1. The van der Waals surface area contributed by atoms with Gasteiger partial charge in [0, 0.05) is 11.3 Å². The van der Waals surface area contributed by atoms with Crippen LogP contribution in [0.25, 0.3) is 11.4 Å². The molecule has 2 nitrogen and oxygen atoms in total. The summed E-state index contributed by atoms with van der Waals surface area (Å²) in [6.45, 7) is 4.19. The van der Waals surface area contributed by atoms with Gasteiger partial charge in [-0.1, -0.05) is 49.3 Å². The van der Waals surface area contributed by atoms with E-state index in [0.717, 1.165) is 11.3 Å². The maximum atomic E-state index is 6.01. The van der Waals surface area contributed by atoms with E-state index in [1.54, 1.807) is 12.1 Å². The van der Waals surface area contributed by atoms with Crippen LogP contribution in [0.2, 0.25) is 10.0 Å². The number of hydrogen-bond acceptors (Lipinski definition) is 2. The summed E-state index contributed by atoms with van der Waals surface area (Å²) in [6.07, 6.45) is 0. The lowest BCUT2D eigenvalue weighted by atomic mass is 10.1. The number of aromatic amines is 1. The van der Waals surface area contributed by atoms with E-state index in [2.05, 4.69) is 23.8 Å². The Labute approximate surface area is 121 Å². The van der Waals surface area contributed by atoms with Gasteiger partial charge in [0.1, 0.15) is 10.5 Å². The molecule has 1 aromatic heterocycles. The third-order valence-electron chi connectivity index (χ3n) is 2.58. The van der Waals surface area contributed by atoms with Crippen molar-refractivity contribution in [2.75, 3.05) is 0 Å². The number of hydrogen-bond donors (Lipinski definition) is 1. The Kier molecular flexibility index (Phi) is 4.05. The molecular weight excluding hydrogens is 287 g/mol. The lowest BCUT2D eigenvalue weighted by Gasteiger charge is -2.09. The van der Waals surface area contributed by atoms with E-state index in [-0.39, 0.29) is 0 Å². The predicted octanol–water partition coefficient (Wildman–Crippen LogP) is 5.24. The van der Waals surface area contributed by atoms with Crippen molar-refractivity contribution in [3.63, 3.8) is 0 Å². The molecular formula is C13H12Cl2N2S. The van der Waals surface area contributed by atoms with Crippen molar-refractivity contribution in [2.24, 2.45) is 0 Å². The van der Waals surface area contributed by atoms with Gasteiger partial charge in [-0.15, -0.1) is 0 Å². The molecule has 18 heavy (non-hydrogen) atoms. The first-order valence-electron chi connectivity index (χ1n) is 5.54. The predicted molar refractivity (Wildman–Crippen MR) is 79.0 cm³/mol. The van der Waals surface area contributed by atoms with Crippen LogP contribution in [0.15, 0.2) is 24.3 Å². The fourth-order valence-corrected chi connectivity index (χ4v) is 2.08. The van der Waals surface area contributed by atoms with Gasteiger partial charge in [-0.2, -0.15) is 0 Å². The summed E-state index contributed by atoms with van der Waals surface area (Å²) >= 11 is 17.1. The molecule has 0 unspecified atom stereocenters. The van der Waals surface area contributed by atoms with Crippen LogP contribution in [0.1, 0.15) is 25.5 Å². The van der Waals surface area contributed by atoms with Gasteiger partial charge >= 0.3 is 0 Å². The van der Waals surface area contributed by atoms with E-state index in [1.165, 1.54) is 0 Å². The first-order valence-corrected chi connectivity index (χ1v) is 6.70. The summed E-state index contributed by atoms with van der Waals surface area (Å²) in [7, 11) is 0. The van der Waals surface area contributed by atoms with Gasteiger partial charge in [0.2, 0.25) is 0 Å². The standard InChI is InChI=1S/C13H12Cl2N2S/c1-7(2)11-6-12(18)17-13(16-11)8-3-4-9(14)10(15)5-8/h3-7H,1-2H3,(H,16,17,18). The Bertz CT molecular complexity index is 635. The molecule has 0 spiro atoms. The molecule has 1 N–H and O–H groups in total. The van der Waals surface area contributed by atoms with Crippen LogP contribution in [0.4, 0.5) is 0 Å². The van der Waals surface area contributed by atoms with Gasteiger partial charge in [-0.25, -0.2) is 4.98 Å². The molecule has 0 radical (unpaired) electrons. The molecule has 1 aromatic carbocycles. The minimum Gasteiger partial charge on any atom is -0.343 e. The van der Waals surface area contributed by atoms with Crippen molar-refractivity contribution >= 4 is 35.4 Å². The van der Waals surface area contributed by atoms with Crippen LogP contribution >= 0.6 is 35.4 Å². The number of halogens is 2. The first-order chi connectivity index (χ1) is 8.47. The third kappa shape index (κ3) is 2.91. The van der Waals surface area contributed by atoms with E-state index < -0.39 is 0 Å². The molecule has 0 saturated carbocycles. The number of benzene rings is 1. The van der Waals surface area contributed by atoms with E-state index in [4.69, 9.17) is 35.4 Å². The van der Waals surface area contributed by atoms with Crippen LogP contribution < -0.4 is 0 Å². The van der Waals surface area contributed by atoms with E-state index >= 15 is 0 Å². The van der Waals surface area contributed by atoms with Crippen molar-refractivity contribution < 1.29 is 0 Å². The molecule has 5 heteroatoms. The van der Waals surface area contributed by atoms with Crippen molar-refractivity contribution in [1.29, 1.82) is 0 Å². The van der Waals surface area contributed by atoms with E-state index in [0.29, 0.717) is 26.4 Å². The maximum absolute atomic E-state index is 6.01. The zero-order chi connectivity index (χ0) is 13.3. The highest BCUT2D eigenvalue weighted by Crippen LogP contribution is 2.27. The van der Waals surface area contributed by atoms with Gasteiger partial charge < -0.3 is 4.98 Å². The first kappa shape index (κ1) is 13.5. The number of rotatable bonds is 2. The fraction of sp³-hybridized carbons (Fsp3) is 0.231. The normalized spacial score (nSPS) is 10.9. The molecule has 0 aliphatic carbocycles. The molecule has 2 aromatic rings. The smallest absolute Gasteiger partial charge is 0.139 e. The highest BCUT2D eigenvalue weighted by molar-refractivity contribution is 7.71. The van der Waals surface area contributed by atoms with E-state index in [1.807, 2.05) is 12.1 Å². The quantitative estimate of drug-likeness (QED) is 0.768. The SMILES string of the molecule is CC(C)c1cc(=S)nc(-c2ccc(Cl)c(Cl)c2)[nH]1. The van der Waals surface area contributed by atoms with Gasteiger partial charge in [0.25, 0.3) is 0 Å². The van der Waals surface area contributed by atoms with Gasteiger partial charge in [-0.05, 0) is 30.2 Å². The summed E-state index contributed by atoms with van der Waals surface area (Å²) < 4.78 is 0.568. The zero-order valence-corrected chi connectivity index (χ0v) is 12.3. The summed E-state index contributed by atoms with van der Waals surface area (Å²) in [5.41, 5.74) is 1.93. The molecule has 2 rings (SSSR count). The zero-order valence-electron chi connectivity index (χ0n) is 10.00. The summed E-state index contributed by atoms with van der Waals surface area (Å²) in [4.78, 5) is 7.58. The molecule has 0 saturated heterocycles. The third-order valence-corrected chi connectivity index (χ3v) is 3.53. The molecule has 94 valence electrons. The second kappa shape index (κ2) is 5.39. The van der Waals surface area contributed by atoms with Gasteiger partial charge in [-0.3, -0.25) is 0 Å². The molecule has 0 aliphatic rings. The Balaban J connectivity index is 2.56. The van der Waals surface area contributed by atoms with Gasteiger partial charge in [0.05, 0.1) is 10.0 Å². The molecule has 0 aliphatic heterocycles. The average molecular weight is 299 g/mol. The highest BCUT2D eigenvalue weighted by atomic mass is 35.5. The minimum absolute atomic E-state index is 0.358. The number of nitrogens with zero attached hydrogens (tertiary/aromatic N) is 1. The molecule has 0 amide bonds. The summed E-state index contributed by atoms with van der Waals surface area (Å²) in [5, 5.41) is 1.03. The van der Waals surface area contributed by atoms with Crippen molar-refractivity contribution in [2.45, 2.75) is 19.8 Å². The van der Waals surface area contributed by atoms with E-state index in [9.17, 15) is 0 Å². The summed E-state index contributed by atoms with van der Waals surface area (Å²) in [6, 6.07) is 7.27. The van der Waals surface area contributed by atoms with Crippen LogP contribution in [0, 0.1) is 4.64 Å². The lowest BCUT2D eigenvalue weighted by Crippen LogP contribution is -1.97. The highest BCUT2D eigenvalue weighted by Gasteiger charge is 2.07. The molecule has 0 atom stereocenters. The maximum Gasteiger partial charge on any atom is 0.139 e. The fourth-order valence-electron chi connectivity index (χ4n) is 1.57. The van der Waals surface area contributed by atoms with Crippen LogP contribution in [0.3, 0.4) is 0 Å². The average Bonchev–Trinajstić information content (AvgIpc) is 2.31. The second-order valence-corrected chi connectivity index (χ2v) is 5.54. The topological polar surface area (TPSA) is 28.7 Å². The van der Waals surface area contributed by atoms with Crippen molar-refractivity contribution in [1.82, 2.24) is 9.97 Å². The van der Waals surface area contributed by atoms with Crippen molar-refractivity contribution in [3.8, 4) is 11.4 Å². The van der Waals surface area contributed by atoms with Crippen LogP contribution in [-0.2, 0) is 0 Å². The molecule has 0 fully saturated rings. The van der Waals surface area contributed by atoms with Crippen LogP contribution in [0.5, 0.6) is 0 Å². The Morgan fingerprint density at radius 1 is 1.17 bits per heavy atom. The largest absolute Gasteiger partial charge is 0.343 e.